The number of aromatic nitrogens is 1. The number of esters is 1. The van der Waals surface area contributed by atoms with Crippen molar-refractivity contribution >= 4 is 34.4 Å². The van der Waals surface area contributed by atoms with Crippen LogP contribution in [-0.4, -0.2) is 23.4 Å². The number of nitrogens with zero attached hydrogens (tertiary/aromatic N) is 1. The molecule has 4 fully saturated rings. The monoisotopic (exact) mass is 426 g/mol. The number of rotatable bonds is 5. The molecule has 1 N–H and O–H groups in total. The van der Waals surface area contributed by atoms with Gasteiger partial charge in [0.15, 0.2) is 0 Å². The summed E-state index contributed by atoms with van der Waals surface area (Å²) in [6, 6.07) is 7.85. The van der Waals surface area contributed by atoms with Gasteiger partial charge in [0, 0.05) is 16.4 Å². The maximum atomic E-state index is 13.0. The lowest BCUT2D eigenvalue weighted by atomic mass is 9.49. The number of halogens is 1. The van der Waals surface area contributed by atoms with Crippen LogP contribution >= 0.6 is 11.6 Å². The zero-order valence-corrected chi connectivity index (χ0v) is 18.0. The summed E-state index contributed by atoms with van der Waals surface area (Å²) in [6.45, 7) is 1.95. The first-order chi connectivity index (χ1) is 14.4. The van der Waals surface area contributed by atoms with Gasteiger partial charge in [0.05, 0.1) is 5.52 Å². The van der Waals surface area contributed by atoms with Crippen LogP contribution in [0.1, 0.15) is 49.7 Å². The fraction of sp³-hybridized carbons (Fsp3) is 0.542. The SMILES string of the molecule is Cc1ccc2cc(COC(=O)CNC(=O)C34CC5CC(CC(C5)C3)C4)c(Cl)nc2c1. The van der Waals surface area contributed by atoms with Crippen molar-refractivity contribution in [1.29, 1.82) is 0 Å². The third-order valence-electron chi connectivity index (χ3n) is 7.30. The van der Waals surface area contributed by atoms with Crippen LogP contribution in [0.4, 0.5) is 0 Å². The summed E-state index contributed by atoms with van der Waals surface area (Å²) < 4.78 is 5.37. The normalized spacial score (nSPS) is 29.2. The summed E-state index contributed by atoms with van der Waals surface area (Å²) in [4.78, 5) is 29.6. The molecule has 4 aliphatic carbocycles. The van der Waals surface area contributed by atoms with E-state index in [1.165, 1.54) is 19.3 Å². The topological polar surface area (TPSA) is 68.3 Å². The molecule has 4 saturated carbocycles. The second-order valence-electron chi connectivity index (χ2n) is 9.68. The van der Waals surface area contributed by atoms with Gasteiger partial charge in [-0.2, -0.15) is 0 Å². The van der Waals surface area contributed by atoms with Gasteiger partial charge in [-0.1, -0.05) is 23.7 Å². The molecule has 4 aliphatic rings. The zero-order chi connectivity index (χ0) is 20.9. The Labute approximate surface area is 181 Å². The molecule has 1 aromatic heterocycles. The largest absolute Gasteiger partial charge is 0.459 e. The fourth-order valence-electron chi connectivity index (χ4n) is 6.34. The Morgan fingerprint density at radius 3 is 2.47 bits per heavy atom. The molecule has 1 amide bonds. The molecule has 2 aromatic rings. The summed E-state index contributed by atoms with van der Waals surface area (Å²) in [7, 11) is 0. The summed E-state index contributed by atoms with van der Waals surface area (Å²) in [6.07, 6.45) is 6.81. The Bertz CT molecular complexity index is 984. The van der Waals surface area contributed by atoms with E-state index in [0.717, 1.165) is 35.7 Å². The van der Waals surface area contributed by atoms with E-state index in [2.05, 4.69) is 10.3 Å². The number of nitrogens with one attached hydrogen (secondary N) is 1. The smallest absolute Gasteiger partial charge is 0.325 e. The Morgan fingerprint density at radius 1 is 1.13 bits per heavy atom. The van der Waals surface area contributed by atoms with E-state index in [1.807, 2.05) is 31.2 Å². The summed E-state index contributed by atoms with van der Waals surface area (Å²) in [5, 5.41) is 4.15. The highest BCUT2D eigenvalue weighted by molar-refractivity contribution is 6.30. The molecule has 0 unspecified atom stereocenters. The highest BCUT2D eigenvalue weighted by atomic mass is 35.5. The van der Waals surface area contributed by atoms with Gasteiger partial charge < -0.3 is 10.1 Å². The van der Waals surface area contributed by atoms with Gasteiger partial charge in [0.25, 0.3) is 0 Å². The van der Waals surface area contributed by atoms with Crippen LogP contribution in [0, 0.1) is 30.1 Å². The maximum absolute atomic E-state index is 13.0. The van der Waals surface area contributed by atoms with Crippen molar-refractivity contribution in [2.24, 2.45) is 23.2 Å². The first-order valence-corrected chi connectivity index (χ1v) is 11.3. The second-order valence-corrected chi connectivity index (χ2v) is 10.0. The van der Waals surface area contributed by atoms with Crippen molar-refractivity contribution < 1.29 is 14.3 Å². The summed E-state index contributed by atoms with van der Waals surface area (Å²) in [5.41, 5.74) is 2.34. The van der Waals surface area contributed by atoms with Crippen LogP contribution in [0.3, 0.4) is 0 Å². The summed E-state index contributed by atoms with van der Waals surface area (Å²) in [5.74, 6) is 1.67. The van der Waals surface area contributed by atoms with Gasteiger partial charge >= 0.3 is 5.97 Å². The molecule has 5 nitrogen and oxygen atoms in total. The quantitative estimate of drug-likeness (QED) is 0.561. The average Bonchev–Trinajstić information content (AvgIpc) is 2.69. The van der Waals surface area contributed by atoms with Crippen LogP contribution in [0.25, 0.3) is 10.9 Å². The molecule has 1 heterocycles. The fourth-order valence-corrected chi connectivity index (χ4v) is 6.54. The molecule has 1 aromatic carbocycles. The van der Waals surface area contributed by atoms with Crippen LogP contribution in [0.15, 0.2) is 24.3 Å². The van der Waals surface area contributed by atoms with Gasteiger partial charge in [-0.25, -0.2) is 4.98 Å². The molecular weight excluding hydrogens is 400 g/mol. The van der Waals surface area contributed by atoms with E-state index in [0.29, 0.717) is 28.5 Å². The molecule has 6 rings (SSSR count). The Hall–Kier alpha value is -2.14. The average molecular weight is 427 g/mol. The first kappa shape index (κ1) is 19.8. The minimum Gasteiger partial charge on any atom is -0.459 e. The minimum atomic E-state index is -0.451. The van der Waals surface area contributed by atoms with Crippen molar-refractivity contribution in [3.05, 3.63) is 40.5 Å². The van der Waals surface area contributed by atoms with Gasteiger partial charge in [-0.15, -0.1) is 0 Å². The van der Waals surface area contributed by atoms with Gasteiger partial charge in [-0.05, 0) is 80.9 Å². The number of aryl methyl sites for hydroxylation is 1. The van der Waals surface area contributed by atoms with E-state index in [-0.39, 0.29) is 24.5 Å². The predicted molar refractivity (Wildman–Crippen MR) is 115 cm³/mol. The Morgan fingerprint density at radius 2 is 1.80 bits per heavy atom. The van der Waals surface area contributed by atoms with Gasteiger partial charge in [-0.3, -0.25) is 9.59 Å². The molecular formula is C24H27ClN2O3. The molecule has 158 valence electrons. The third kappa shape index (κ3) is 3.68. The van der Waals surface area contributed by atoms with E-state index >= 15 is 0 Å². The second kappa shape index (κ2) is 7.52. The third-order valence-corrected chi connectivity index (χ3v) is 7.63. The van der Waals surface area contributed by atoms with Crippen LogP contribution < -0.4 is 5.32 Å². The Kier molecular flexibility index (Phi) is 4.97. The van der Waals surface area contributed by atoms with Crippen molar-refractivity contribution in [2.45, 2.75) is 52.1 Å². The number of fused-ring (bicyclic) bond motifs is 1. The highest BCUT2D eigenvalue weighted by Gasteiger charge is 2.54. The van der Waals surface area contributed by atoms with Crippen molar-refractivity contribution in [3.8, 4) is 0 Å². The number of ether oxygens (including phenoxy) is 1. The number of carbonyl (C=O) groups excluding carboxylic acids is 2. The molecule has 0 spiro atoms. The molecule has 6 heteroatoms. The molecule has 0 radical (unpaired) electrons. The van der Waals surface area contributed by atoms with Crippen molar-refractivity contribution in [1.82, 2.24) is 10.3 Å². The standard InChI is InChI=1S/C24H27ClN2O3/c1-14-2-3-18-8-19(22(25)27-20(18)4-14)13-30-21(28)12-26-23(29)24-9-15-5-16(10-24)7-17(6-15)11-24/h2-4,8,15-17H,5-7,9-13H2,1H3,(H,26,29). The van der Waals surface area contributed by atoms with Crippen LogP contribution in [-0.2, 0) is 20.9 Å². The molecule has 0 atom stereocenters. The van der Waals surface area contributed by atoms with E-state index < -0.39 is 5.97 Å². The highest BCUT2D eigenvalue weighted by Crippen LogP contribution is 2.60. The van der Waals surface area contributed by atoms with E-state index in [9.17, 15) is 9.59 Å². The van der Waals surface area contributed by atoms with Crippen LogP contribution in [0.2, 0.25) is 5.15 Å². The Balaban J connectivity index is 1.17. The minimum absolute atomic E-state index is 0.0410. The maximum Gasteiger partial charge on any atom is 0.325 e. The zero-order valence-electron chi connectivity index (χ0n) is 17.2. The van der Waals surface area contributed by atoms with Gasteiger partial charge in [0.2, 0.25) is 5.91 Å². The van der Waals surface area contributed by atoms with Gasteiger partial charge in [0.1, 0.15) is 18.3 Å². The van der Waals surface area contributed by atoms with E-state index in [4.69, 9.17) is 16.3 Å². The van der Waals surface area contributed by atoms with Crippen molar-refractivity contribution in [2.75, 3.05) is 6.54 Å². The lowest BCUT2D eigenvalue weighted by molar-refractivity contribution is -0.151. The van der Waals surface area contributed by atoms with E-state index in [1.54, 1.807) is 0 Å². The number of hydrogen-bond acceptors (Lipinski definition) is 4. The lowest BCUT2D eigenvalue weighted by Gasteiger charge is -2.55. The number of hydrogen-bond donors (Lipinski definition) is 1. The molecule has 0 saturated heterocycles. The predicted octanol–water partition coefficient (Wildman–Crippen LogP) is 4.57. The molecule has 0 aliphatic heterocycles. The summed E-state index contributed by atoms with van der Waals surface area (Å²) >= 11 is 6.27. The van der Waals surface area contributed by atoms with Crippen molar-refractivity contribution in [3.63, 3.8) is 0 Å². The number of benzene rings is 1. The number of amides is 1. The number of carbonyl (C=O) groups is 2. The lowest BCUT2D eigenvalue weighted by Crippen LogP contribution is -2.54. The number of pyridine rings is 1. The molecule has 30 heavy (non-hydrogen) atoms. The first-order valence-electron chi connectivity index (χ1n) is 10.9. The van der Waals surface area contributed by atoms with Crippen LogP contribution in [0.5, 0.6) is 0 Å². The molecule has 4 bridgehead atoms.